The van der Waals surface area contributed by atoms with E-state index >= 15 is 0 Å². The summed E-state index contributed by atoms with van der Waals surface area (Å²) in [4.78, 5) is 25.1. The van der Waals surface area contributed by atoms with Crippen molar-refractivity contribution in [2.75, 3.05) is 6.61 Å². The zero-order chi connectivity index (χ0) is 31.4. The number of cyclic esters (lactones) is 1. The fourth-order valence-corrected chi connectivity index (χ4v) is 12.0. The average molecular weight is 629 g/mol. The molecule has 9 nitrogen and oxygen atoms in total. The van der Waals surface area contributed by atoms with Gasteiger partial charge in [0.2, 0.25) is 0 Å². The third-order valence-corrected chi connectivity index (χ3v) is 14.5. The minimum absolute atomic E-state index is 0.0689. The number of ether oxygens (including phenoxy) is 5. The number of aliphatic hydroxyl groups is 2. The highest BCUT2D eigenvalue weighted by molar-refractivity contribution is 5.85. The van der Waals surface area contributed by atoms with E-state index in [0.29, 0.717) is 57.5 Å². The minimum atomic E-state index is -1.19. The summed E-state index contributed by atoms with van der Waals surface area (Å²) in [6.45, 7) is 6.82. The van der Waals surface area contributed by atoms with Gasteiger partial charge in [0.15, 0.2) is 12.1 Å². The molecular weight excluding hydrogens is 576 g/mol. The molecule has 0 aromatic heterocycles. The maximum atomic E-state index is 13.2. The number of fused-ring (bicyclic) bond motifs is 6. The lowest BCUT2D eigenvalue weighted by Crippen LogP contribution is -2.69. The van der Waals surface area contributed by atoms with Gasteiger partial charge in [-0.15, -0.1) is 0 Å². The van der Waals surface area contributed by atoms with E-state index < -0.39 is 28.7 Å². The summed E-state index contributed by atoms with van der Waals surface area (Å²) in [6.07, 6.45) is 12.1. The molecule has 0 bridgehead atoms. The summed E-state index contributed by atoms with van der Waals surface area (Å²) < 4.78 is 31.3. The van der Waals surface area contributed by atoms with Crippen LogP contribution in [0.3, 0.4) is 0 Å². The Labute approximate surface area is 266 Å². The smallest absolute Gasteiger partial charge is 0.331 e. The summed E-state index contributed by atoms with van der Waals surface area (Å²) in [5.41, 5.74) is -2.43. The van der Waals surface area contributed by atoms with Crippen LogP contribution in [0.25, 0.3) is 0 Å². The van der Waals surface area contributed by atoms with Crippen LogP contribution in [0.5, 0.6) is 0 Å². The Morgan fingerprint density at radius 3 is 2.44 bits per heavy atom. The van der Waals surface area contributed by atoms with E-state index in [4.69, 9.17) is 23.7 Å². The number of carbonyl (C=O) groups excluding carboxylic acids is 2. The topological polar surface area (TPSA) is 121 Å². The van der Waals surface area contributed by atoms with Crippen LogP contribution in [0.4, 0.5) is 0 Å². The van der Waals surface area contributed by atoms with Crippen molar-refractivity contribution in [1.82, 2.24) is 0 Å². The lowest BCUT2D eigenvalue weighted by molar-refractivity contribution is -0.278. The van der Waals surface area contributed by atoms with Crippen molar-refractivity contribution in [2.45, 2.75) is 158 Å². The molecule has 5 aliphatic carbocycles. The van der Waals surface area contributed by atoms with Crippen molar-refractivity contribution in [3.63, 3.8) is 0 Å². The van der Waals surface area contributed by atoms with Crippen molar-refractivity contribution in [2.24, 2.45) is 34.5 Å². The fraction of sp³-hybridized carbons (Fsp3) is 0.889. The van der Waals surface area contributed by atoms with Crippen LogP contribution in [0.1, 0.15) is 111 Å². The zero-order valence-electron chi connectivity index (χ0n) is 27.2. The Bertz CT molecular complexity index is 1240. The average Bonchev–Trinajstić information content (AvgIpc) is 3.67. The van der Waals surface area contributed by atoms with E-state index in [1.54, 1.807) is 6.08 Å². The molecule has 8 rings (SSSR count). The Kier molecular flexibility index (Phi) is 7.27. The Balaban J connectivity index is 0.961. The first-order valence-electron chi connectivity index (χ1n) is 17.9. The van der Waals surface area contributed by atoms with Crippen molar-refractivity contribution in [3.05, 3.63) is 11.6 Å². The van der Waals surface area contributed by atoms with Crippen LogP contribution in [0, 0.1) is 34.5 Å². The molecular formula is C36H52O9. The monoisotopic (exact) mass is 628 g/mol. The Morgan fingerprint density at radius 1 is 0.933 bits per heavy atom. The molecule has 7 fully saturated rings. The number of carbonyl (C=O) groups is 2. The van der Waals surface area contributed by atoms with Crippen molar-refractivity contribution in [1.29, 1.82) is 0 Å². The molecule has 1 spiro atoms. The maximum Gasteiger partial charge on any atom is 0.331 e. The van der Waals surface area contributed by atoms with E-state index in [-0.39, 0.29) is 53.6 Å². The molecule has 3 aliphatic heterocycles. The standard InChI is InChI=1S/C36H52O9/c1-21-4-13-35(14-5-21)44-28-17-30(42-22(2)31(28)45-35)43-24-6-11-33(20-37)26-7-10-32(3)25(23-16-29(38)41-19-23)9-15-36(32,40)27(26)8-12-34(33,39)18-24/h16,20-22,24-28,30-31,39-40H,4-15,17-19H2,1-3H3/t21?,22?,24-,25+,26?,27?,28?,30-,31+,32+,33-,34-,35?,36-/m0/s1. The van der Waals surface area contributed by atoms with Crippen molar-refractivity contribution < 1.29 is 43.5 Å². The lowest BCUT2D eigenvalue weighted by atomic mass is 9.41. The van der Waals surface area contributed by atoms with Crippen LogP contribution >= 0.6 is 0 Å². The van der Waals surface area contributed by atoms with Crippen molar-refractivity contribution in [3.8, 4) is 0 Å². The second-order valence-corrected chi connectivity index (χ2v) is 16.6. The van der Waals surface area contributed by atoms with Gasteiger partial charge in [0.05, 0.1) is 34.9 Å². The van der Waals surface area contributed by atoms with Gasteiger partial charge in [0.25, 0.3) is 0 Å². The van der Waals surface area contributed by atoms with Crippen LogP contribution in [0.2, 0.25) is 0 Å². The molecule has 45 heavy (non-hydrogen) atoms. The van der Waals surface area contributed by atoms with Gasteiger partial charge in [-0.25, -0.2) is 4.79 Å². The van der Waals surface area contributed by atoms with Crippen LogP contribution in [0.15, 0.2) is 11.6 Å². The molecule has 0 aromatic carbocycles. The first-order valence-corrected chi connectivity index (χ1v) is 17.9. The highest BCUT2D eigenvalue weighted by atomic mass is 16.8. The molecule has 2 saturated heterocycles. The van der Waals surface area contributed by atoms with Gasteiger partial charge in [-0.1, -0.05) is 13.8 Å². The van der Waals surface area contributed by atoms with Gasteiger partial charge in [-0.2, -0.15) is 0 Å². The second-order valence-electron chi connectivity index (χ2n) is 16.6. The third-order valence-electron chi connectivity index (χ3n) is 14.5. The van der Waals surface area contributed by atoms with E-state index in [0.717, 1.165) is 56.8 Å². The van der Waals surface area contributed by atoms with Crippen LogP contribution < -0.4 is 0 Å². The summed E-state index contributed by atoms with van der Waals surface area (Å²) in [5.74, 6) is -0.151. The lowest BCUT2D eigenvalue weighted by Gasteiger charge is -2.65. The first-order chi connectivity index (χ1) is 21.4. The quantitative estimate of drug-likeness (QED) is 0.258. The third kappa shape index (κ3) is 4.46. The first kappa shape index (κ1) is 30.9. The molecule has 9 heteroatoms. The summed E-state index contributed by atoms with van der Waals surface area (Å²) in [7, 11) is 0. The van der Waals surface area contributed by atoms with E-state index in [2.05, 4.69) is 13.8 Å². The number of esters is 1. The normalized spacial score (nSPS) is 55.7. The van der Waals surface area contributed by atoms with Gasteiger partial charge in [-0.3, -0.25) is 0 Å². The molecule has 0 radical (unpaired) electrons. The molecule has 5 saturated carbocycles. The van der Waals surface area contributed by atoms with E-state index in [1.807, 2.05) is 6.92 Å². The highest BCUT2D eigenvalue weighted by Crippen LogP contribution is 2.70. The molecule has 8 aliphatic rings. The van der Waals surface area contributed by atoms with Gasteiger partial charge >= 0.3 is 5.97 Å². The predicted octanol–water partition coefficient (Wildman–Crippen LogP) is 4.75. The Morgan fingerprint density at radius 2 is 1.71 bits per heavy atom. The second kappa shape index (κ2) is 10.6. The molecule has 12 atom stereocenters. The Hall–Kier alpha value is -1.36. The zero-order valence-corrected chi connectivity index (χ0v) is 27.2. The van der Waals surface area contributed by atoms with Crippen LogP contribution in [-0.4, -0.2) is 76.8 Å². The summed E-state index contributed by atoms with van der Waals surface area (Å²) >= 11 is 0. The predicted molar refractivity (Wildman–Crippen MR) is 162 cm³/mol. The van der Waals surface area contributed by atoms with Gasteiger partial charge in [-0.05, 0) is 100 Å². The summed E-state index contributed by atoms with van der Waals surface area (Å²) in [5, 5.41) is 24.9. The SMILES string of the molecule is CC1CCC2(CC1)OC1C[C@H](O[C@H]3CC[C@]4(C=O)C5CC[C@]6(C)[C@@H](C7=CC(=O)OC7)CC[C@]6(O)C5CC[C@]4(O)C3)OC(C)[C@H]1O2. The number of rotatable bonds is 4. The molecule has 4 unspecified atom stereocenters. The molecule has 250 valence electrons. The molecule has 0 amide bonds. The largest absolute Gasteiger partial charge is 0.458 e. The maximum absolute atomic E-state index is 13.2. The van der Waals surface area contributed by atoms with E-state index in [9.17, 15) is 19.8 Å². The molecule has 3 heterocycles. The fourth-order valence-electron chi connectivity index (χ4n) is 12.0. The van der Waals surface area contributed by atoms with Gasteiger partial charge in [0.1, 0.15) is 19.0 Å². The minimum Gasteiger partial charge on any atom is -0.458 e. The van der Waals surface area contributed by atoms with Gasteiger partial charge in [0, 0.05) is 37.2 Å². The number of hydrogen-bond donors (Lipinski definition) is 2. The number of aldehydes is 1. The van der Waals surface area contributed by atoms with E-state index in [1.165, 1.54) is 0 Å². The molecule has 2 N–H and O–H groups in total. The van der Waals surface area contributed by atoms with Crippen molar-refractivity contribution >= 4 is 12.3 Å². The highest BCUT2D eigenvalue weighted by Gasteiger charge is 2.71. The number of hydrogen-bond acceptors (Lipinski definition) is 9. The molecule has 0 aromatic rings. The van der Waals surface area contributed by atoms with Crippen LogP contribution in [-0.2, 0) is 33.3 Å². The summed E-state index contributed by atoms with van der Waals surface area (Å²) in [6, 6.07) is 0. The van der Waals surface area contributed by atoms with Gasteiger partial charge < -0.3 is 38.7 Å².